The van der Waals surface area contributed by atoms with E-state index in [1.54, 1.807) is 16.7 Å². The van der Waals surface area contributed by atoms with Crippen molar-refractivity contribution in [3.63, 3.8) is 0 Å². The molecule has 0 aliphatic rings. The minimum absolute atomic E-state index is 0.508. The Morgan fingerprint density at radius 2 is 2.31 bits per heavy atom. The molecule has 0 aliphatic carbocycles. The Morgan fingerprint density at radius 3 is 3.00 bits per heavy atom. The third-order valence-electron chi connectivity index (χ3n) is 1.81. The Balaban J connectivity index is 2.90. The van der Waals surface area contributed by atoms with E-state index < -0.39 is 0 Å². The molecule has 2 rings (SSSR count). The Hall–Kier alpha value is -2.02. The number of pyridine rings is 1. The van der Waals surface area contributed by atoms with Crippen LogP contribution in [0.3, 0.4) is 0 Å². The van der Waals surface area contributed by atoms with Crippen LogP contribution in [0.15, 0.2) is 18.5 Å². The van der Waals surface area contributed by atoms with Gasteiger partial charge in [0.05, 0.1) is 11.3 Å². The molecule has 2 N–H and O–H groups in total. The number of hydrogen-bond acceptors (Lipinski definition) is 3. The first kappa shape index (κ1) is 7.62. The number of imidazole rings is 1. The molecule has 64 valence electrons. The molecule has 0 spiro atoms. The Kier molecular flexibility index (Phi) is 1.46. The number of nitrogen functional groups attached to an aromatic ring is 1. The minimum atomic E-state index is 0.508. The zero-order chi connectivity index (χ0) is 9.42. The quantitative estimate of drug-likeness (QED) is 0.647. The smallest absolute Gasteiger partial charge is 0.155 e. The number of nitrogens with zero attached hydrogens (tertiary/aromatic N) is 3. The van der Waals surface area contributed by atoms with Gasteiger partial charge >= 0.3 is 0 Å². The number of nitrogens with two attached hydrogens (primary N) is 1. The topological polar surface area (TPSA) is 67.1 Å². The van der Waals surface area contributed by atoms with Gasteiger partial charge in [0.15, 0.2) is 5.65 Å². The fourth-order valence-electron chi connectivity index (χ4n) is 1.33. The van der Waals surface area contributed by atoms with Crippen molar-refractivity contribution in [1.82, 2.24) is 9.38 Å². The molecular formula is C9H8N4. The summed E-state index contributed by atoms with van der Waals surface area (Å²) in [5, 5.41) is 8.81. The van der Waals surface area contributed by atoms with Gasteiger partial charge in [-0.15, -0.1) is 0 Å². The second kappa shape index (κ2) is 2.49. The van der Waals surface area contributed by atoms with Crippen LogP contribution in [0.5, 0.6) is 0 Å². The van der Waals surface area contributed by atoms with Gasteiger partial charge < -0.3 is 10.1 Å². The minimum Gasteiger partial charge on any atom is -0.397 e. The van der Waals surface area contributed by atoms with Crippen LogP contribution < -0.4 is 5.73 Å². The second-order valence-electron chi connectivity index (χ2n) is 2.91. The molecule has 0 aliphatic heterocycles. The normalized spacial score (nSPS) is 10.2. The SMILES string of the molecule is Cc1cn2cc(N)cc(C#N)c2n1. The van der Waals surface area contributed by atoms with E-state index in [4.69, 9.17) is 11.0 Å². The first-order valence-electron chi connectivity index (χ1n) is 3.85. The van der Waals surface area contributed by atoms with Crippen molar-refractivity contribution in [1.29, 1.82) is 5.26 Å². The molecule has 0 unspecified atom stereocenters. The predicted octanol–water partition coefficient (Wildman–Crippen LogP) is 1.10. The van der Waals surface area contributed by atoms with Crippen LogP contribution >= 0.6 is 0 Å². The van der Waals surface area contributed by atoms with Gasteiger partial charge in [-0.1, -0.05) is 0 Å². The number of rotatable bonds is 0. The molecule has 0 radical (unpaired) electrons. The van der Waals surface area contributed by atoms with Crippen LogP contribution in [0.1, 0.15) is 11.3 Å². The monoisotopic (exact) mass is 172 g/mol. The fourth-order valence-corrected chi connectivity index (χ4v) is 1.33. The highest BCUT2D eigenvalue weighted by molar-refractivity contribution is 5.61. The number of aryl methyl sites for hydroxylation is 1. The van der Waals surface area contributed by atoms with E-state index >= 15 is 0 Å². The van der Waals surface area contributed by atoms with Crippen LogP contribution in [0.25, 0.3) is 5.65 Å². The molecule has 0 saturated heterocycles. The highest BCUT2D eigenvalue weighted by Gasteiger charge is 2.04. The molecule has 0 amide bonds. The van der Waals surface area contributed by atoms with Crippen molar-refractivity contribution in [3.8, 4) is 6.07 Å². The van der Waals surface area contributed by atoms with Crippen LogP contribution in [0, 0.1) is 18.3 Å². The summed E-state index contributed by atoms with van der Waals surface area (Å²) in [6.45, 7) is 1.88. The number of fused-ring (bicyclic) bond motifs is 1. The second-order valence-corrected chi connectivity index (χ2v) is 2.91. The van der Waals surface area contributed by atoms with E-state index in [1.165, 1.54) is 0 Å². The summed E-state index contributed by atoms with van der Waals surface area (Å²) < 4.78 is 1.77. The van der Waals surface area contributed by atoms with Crippen LogP contribution in [0.2, 0.25) is 0 Å². The fraction of sp³-hybridized carbons (Fsp3) is 0.111. The molecule has 2 heterocycles. The zero-order valence-electron chi connectivity index (χ0n) is 7.15. The van der Waals surface area contributed by atoms with Gasteiger partial charge in [-0.25, -0.2) is 4.98 Å². The Labute approximate surface area is 75.2 Å². The number of hydrogen-bond donors (Lipinski definition) is 1. The van der Waals surface area contributed by atoms with Crippen molar-refractivity contribution in [2.45, 2.75) is 6.92 Å². The lowest BCUT2D eigenvalue weighted by Crippen LogP contribution is -1.93. The molecule has 4 nitrogen and oxygen atoms in total. The van der Waals surface area contributed by atoms with Crippen LogP contribution in [-0.2, 0) is 0 Å². The van der Waals surface area contributed by atoms with E-state index in [9.17, 15) is 0 Å². The summed E-state index contributed by atoms with van der Waals surface area (Å²) in [6.07, 6.45) is 3.59. The number of aromatic nitrogens is 2. The third-order valence-corrected chi connectivity index (χ3v) is 1.81. The van der Waals surface area contributed by atoms with Crippen LogP contribution in [0.4, 0.5) is 5.69 Å². The lowest BCUT2D eigenvalue weighted by molar-refractivity contribution is 1.18. The third kappa shape index (κ3) is 1.11. The van der Waals surface area contributed by atoms with E-state index in [0.717, 1.165) is 5.69 Å². The lowest BCUT2D eigenvalue weighted by atomic mass is 10.3. The summed E-state index contributed by atoms with van der Waals surface area (Å²) in [5.41, 5.74) is 8.23. The van der Waals surface area contributed by atoms with E-state index in [-0.39, 0.29) is 0 Å². The summed E-state index contributed by atoms with van der Waals surface area (Å²) in [5.74, 6) is 0. The molecule has 0 atom stereocenters. The molecule has 4 heteroatoms. The van der Waals surface area contributed by atoms with Crippen molar-refractivity contribution in [2.24, 2.45) is 0 Å². The first-order valence-corrected chi connectivity index (χ1v) is 3.85. The average molecular weight is 172 g/mol. The Bertz CT molecular complexity index is 504. The van der Waals surface area contributed by atoms with Gasteiger partial charge in [0, 0.05) is 18.1 Å². The molecule has 13 heavy (non-hydrogen) atoms. The summed E-state index contributed by atoms with van der Waals surface area (Å²) in [6, 6.07) is 3.69. The van der Waals surface area contributed by atoms with Crippen molar-refractivity contribution >= 4 is 11.3 Å². The molecule has 2 aromatic heterocycles. The largest absolute Gasteiger partial charge is 0.397 e. The predicted molar refractivity (Wildman–Crippen MR) is 49.1 cm³/mol. The maximum Gasteiger partial charge on any atom is 0.155 e. The van der Waals surface area contributed by atoms with Crippen molar-refractivity contribution in [3.05, 3.63) is 29.7 Å². The maximum absolute atomic E-state index is 8.81. The number of anilines is 1. The van der Waals surface area contributed by atoms with Gasteiger partial charge in [-0.3, -0.25) is 0 Å². The van der Waals surface area contributed by atoms with E-state index in [2.05, 4.69) is 11.1 Å². The summed E-state index contributed by atoms with van der Waals surface area (Å²) in [4.78, 5) is 4.21. The van der Waals surface area contributed by atoms with E-state index in [1.807, 2.05) is 13.1 Å². The molecule has 0 bridgehead atoms. The summed E-state index contributed by atoms with van der Waals surface area (Å²) in [7, 11) is 0. The van der Waals surface area contributed by atoms with Crippen LogP contribution in [-0.4, -0.2) is 9.38 Å². The van der Waals surface area contributed by atoms with Gasteiger partial charge in [-0.05, 0) is 13.0 Å². The zero-order valence-corrected chi connectivity index (χ0v) is 7.15. The molecule has 0 aromatic carbocycles. The molecule has 0 fully saturated rings. The van der Waals surface area contributed by atoms with Gasteiger partial charge in [0.1, 0.15) is 6.07 Å². The highest BCUT2D eigenvalue weighted by Crippen LogP contribution is 2.13. The molecule has 0 saturated carbocycles. The summed E-state index contributed by atoms with van der Waals surface area (Å²) >= 11 is 0. The number of nitriles is 1. The molecular weight excluding hydrogens is 164 g/mol. The van der Waals surface area contributed by atoms with Crippen molar-refractivity contribution in [2.75, 3.05) is 5.73 Å². The highest BCUT2D eigenvalue weighted by atomic mass is 15.0. The Morgan fingerprint density at radius 1 is 1.54 bits per heavy atom. The first-order chi connectivity index (χ1) is 6.20. The molecule has 2 aromatic rings. The lowest BCUT2D eigenvalue weighted by Gasteiger charge is -1.97. The van der Waals surface area contributed by atoms with Crippen molar-refractivity contribution < 1.29 is 0 Å². The average Bonchev–Trinajstić information content (AvgIpc) is 2.43. The van der Waals surface area contributed by atoms with Gasteiger partial charge in [0.25, 0.3) is 0 Å². The van der Waals surface area contributed by atoms with Gasteiger partial charge in [0.2, 0.25) is 0 Å². The van der Waals surface area contributed by atoms with E-state index in [0.29, 0.717) is 16.9 Å². The maximum atomic E-state index is 8.81. The van der Waals surface area contributed by atoms with Gasteiger partial charge in [-0.2, -0.15) is 5.26 Å². The standard InChI is InChI=1S/C9H8N4/c1-6-4-13-5-8(11)2-7(3-10)9(13)12-6/h2,4-5H,11H2,1H3.